The van der Waals surface area contributed by atoms with Gasteiger partial charge in [-0.2, -0.15) is 5.10 Å². The van der Waals surface area contributed by atoms with E-state index in [4.69, 9.17) is 0 Å². The van der Waals surface area contributed by atoms with Crippen LogP contribution < -0.4 is 15.5 Å². The topological polar surface area (TPSA) is 79.3 Å². The van der Waals surface area contributed by atoms with Crippen LogP contribution in [0.2, 0.25) is 0 Å². The van der Waals surface area contributed by atoms with Crippen LogP contribution >= 0.6 is 0 Å². The van der Waals surface area contributed by atoms with E-state index in [2.05, 4.69) is 15.7 Å². The number of hydrogen-bond acceptors (Lipinski definition) is 4. The standard InChI is InChI=1S/C21H26FN5O2/c1-26-18-11-15(12-2-4-13(5-3-12)23-14-6-7-14)17(22)10-16(18)20(25-26)27-9-8-19(28)24-21(27)29/h10-14,23H,2-9H2,1H3,(H,24,28,29). The molecule has 2 N–H and O–H groups in total. The minimum Gasteiger partial charge on any atom is -0.311 e. The third-order valence-corrected chi connectivity index (χ3v) is 6.47. The maximum Gasteiger partial charge on any atom is 0.329 e. The summed E-state index contributed by atoms with van der Waals surface area (Å²) < 4.78 is 16.8. The fraction of sp³-hybridized carbons (Fsp3) is 0.571. The van der Waals surface area contributed by atoms with Gasteiger partial charge in [-0.15, -0.1) is 0 Å². The molecule has 2 saturated carbocycles. The Hall–Kier alpha value is -2.48. The summed E-state index contributed by atoms with van der Waals surface area (Å²) in [6, 6.07) is 4.17. The van der Waals surface area contributed by atoms with E-state index < -0.39 is 6.03 Å². The number of nitrogens with one attached hydrogen (secondary N) is 2. The Labute approximate surface area is 168 Å². The molecule has 1 saturated heterocycles. The summed E-state index contributed by atoms with van der Waals surface area (Å²) in [5.41, 5.74) is 1.55. The van der Waals surface area contributed by atoms with Crippen molar-refractivity contribution >= 4 is 28.7 Å². The number of urea groups is 1. The highest BCUT2D eigenvalue weighted by atomic mass is 19.1. The molecule has 3 aliphatic rings. The van der Waals surface area contributed by atoms with Crippen LogP contribution in [0.3, 0.4) is 0 Å². The van der Waals surface area contributed by atoms with E-state index >= 15 is 4.39 Å². The Morgan fingerprint density at radius 2 is 1.79 bits per heavy atom. The van der Waals surface area contributed by atoms with Crippen molar-refractivity contribution in [3.05, 3.63) is 23.5 Å². The summed E-state index contributed by atoms with van der Waals surface area (Å²) in [4.78, 5) is 25.1. The second-order valence-electron chi connectivity index (χ2n) is 8.58. The van der Waals surface area contributed by atoms with Gasteiger partial charge >= 0.3 is 6.03 Å². The summed E-state index contributed by atoms with van der Waals surface area (Å²) in [6.45, 7) is 0.248. The molecule has 0 radical (unpaired) electrons. The van der Waals surface area contributed by atoms with E-state index in [1.165, 1.54) is 23.8 Å². The van der Waals surface area contributed by atoms with Crippen LogP contribution in [-0.2, 0) is 11.8 Å². The van der Waals surface area contributed by atoms with Gasteiger partial charge in [-0.25, -0.2) is 9.18 Å². The number of amides is 3. The number of anilines is 1. The first-order valence-electron chi connectivity index (χ1n) is 10.5. The van der Waals surface area contributed by atoms with Crippen molar-refractivity contribution in [2.24, 2.45) is 7.05 Å². The predicted molar refractivity (Wildman–Crippen MR) is 107 cm³/mol. The first-order chi connectivity index (χ1) is 14.0. The number of fused-ring (bicyclic) bond motifs is 1. The molecule has 1 aromatic heterocycles. The van der Waals surface area contributed by atoms with Gasteiger partial charge in [0.1, 0.15) is 5.82 Å². The number of halogens is 1. The van der Waals surface area contributed by atoms with Crippen molar-refractivity contribution in [3.8, 4) is 0 Å². The van der Waals surface area contributed by atoms with E-state index in [9.17, 15) is 9.59 Å². The first-order valence-corrected chi connectivity index (χ1v) is 10.5. The summed E-state index contributed by atoms with van der Waals surface area (Å²) >= 11 is 0. The maximum atomic E-state index is 15.1. The van der Waals surface area contributed by atoms with Crippen LogP contribution in [0, 0.1) is 5.82 Å². The van der Waals surface area contributed by atoms with E-state index in [0.29, 0.717) is 23.3 Å². The molecule has 29 heavy (non-hydrogen) atoms. The Kier molecular flexibility index (Phi) is 4.53. The van der Waals surface area contributed by atoms with Crippen LogP contribution in [0.4, 0.5) is 15.0 Å². The molecule has 5 rings (SSSR count). The van der Waals surface area contributed by atoms with Gasteiger partial charge in [-0.3, -0.25) is 19.7 Å². The number of carbonyl (C=O) groups is 2. The van der Waals surface area contributed by atoms with Gasteiger partial charge < -0.3 is 5.32 Å². The molecule has 0 unspecified atom stereocenters. The Bertz CT molecular complexity index is 975. The minimum absolute atomic E-state index is 0.211. The average molecular weight is 399 g/mol. The zero-order chi connectivity index (χ0) is 20.1. The number of aryl methyl sites for hydroxylation is 1. The Morgan fingerprint density at radius 3 is 2.45 bits per heavy atom. The fourth-order valence-electron chi connectivity index (χ4n) is 4.71. The third kappa shape index (κ3) is 3.50. The van der Waals surface area contributed by atoms with Gasteiger partial charge in [-0.05, 0) is 62.1 Å². The number of rotatable bonds is 4. The highest BCUT2D eigenvalue weighted by Crippen LogP contribution is 2.38. The highest BCUT2D eigenvalue weighted by molar-refractivity contribution is 6.08. The summed E-state index contributed by atoms with van der Waals surface area (Å²) in [5.74, 6) is 0.0757. The van der Waals surface area contributed by atoms with Gasteiger partial charge in [0.2, 0.25) is 5.91 Å². The van der Waals surface area contributed by atoms with Gasteiger partial charge in [-0.1, -0.05) is 0 Å². The fourth-order valence-corrected chi connectivity index (χ4v) is 4.71. The van der Waals surface area contributed by atoms with Crippen LogP contribution in [0.5, 0.6) is 0 Å². The number of imide groups is 1. The van der Waals surface area contributed by atoms with Crippen molar-refractivity contribution < 1.29 is 14.0 Å². The lowest BCUT2D eigenvalue weighted by Gasteiger charge is -2.30. The number of carbonyl (C=O) groups excluding carboxylic acids is 2. The molecule has 8 heteroatoms. The number of hydrogen-bond donors (Lipinski definition) is 2. The molecule has 0 bridgehead atoms. The van der Waals surface area contributed by atoms with Gasteiger partial charge in [0.25, 0.3) is 0 Å². The van der Waals surface area contributed by atoms with Crippen LogP contribution in [-0.4, -0.2) is 40.3 Å². The zero-order valence-corrected chi connectivity index (χ0v) is 16.6. The normalized spacial score (nSPS) is 25.5. The number of benzene rings is 1. The van der Waals surface area contributed by atoms with Crippen LogP contribution in [0.1, 0.15) is 56.4 Å². The van der Waals surface area contributed by atoms with Crippen molar-refractivity contribution in [2.75, 3.05) is 11.4 Å². The van der Waals surface area contributed by atoms with Crippen molar-refractivity contribution in [2.45, 2.75) is 62.9 Å². The molecule has 1 aromatic carbocycles. The molecule has 2 aromatic rings. The Morgan fingerprint density at radius 1 is 1.10 bits per heavy atom. The molecule has 7 nitrogen and oxygen atoms in total. The van der Waals surface area contributed by atoms with E-state index in [1.54, 1.807) is 11.7 Å². The first kappa shape index (κ1) is 18.5. The lowest BCUT2D eigenvalue weighted by molar-refractivity contribution is -0.120. The monoisotopic (exact) mass is 399 g/mol. The smallest absolute Gasteiger partial charge is 0.311 e. The zero-order valence-electron chi connectivity index (χ0n) is 16.6. The van der Waals surface area contributed by atoms with E-state index in [-0.39, 0.29) is 30.6 Å². The van der Waals surface area contributed by atoms with E-state index in [0.717, 1.165) is 36.8 Å². The SMILES string of the molecule is Cn1nc(N2CCC(=O)NC2=O)c2cc(F)c(C3CCC(NC4CC4)CC3)cc21. The molecular formula is C21H26FN5O2. The van der Waals surface area contributed by atoms with Gasteiger partial charge in [0, 0.05) is 37.5 Å². The molecular weight excluding hydrogens is 373 g/mol. The lowest BCUT2D eigenvalue weighted by atomic mass is 9.81. The molecule has 1 aliphatic heterocycles. The second kappa shape index (κ2) is 7.09. The summed E-state index contributed by atoms with van der Waals surface area (Å²) in [5, 5.41) is 11.1. The van der Waals surface area contributed by atoms with Gasteiger partial charge in [0.05, 0.1) is 5.52 Å². The van der Waals surface area contributed by atoms with Crippen molar-refractivity contribution in [1.82, 2.24) is 20.4 Å². The number of aromatic nitrogens is 2. The second-order valence-corrected chi connectivity index (χ2v) is 8.58. The molecule has 3 amide bonds. The van der Waals surface area contributed by atoms with Crippen molar-refractivity contribution in [1.29, 1.82) is 0 Å². The van der Waals surface area contributed by atoms with E-state index in [1.807, 2.05) is 6.07 Å². The molecule has 154 valence electrons. The molecule has 0 spiro atoms. The predicted octanol–water partition coefficient (Wildman–Crippen LogP) is 2.94. The molecule has 3 fully saturated rings. The van der Waals surface area contributed by atoms with Crippen molar-refractivity contribution in [3.63, 3.8) is 0 Å². The number of nitrogens with zero attached hydrogens (tertiary/aromatic N) is 3. The van der Waals surface area contributed by atoms with Gasteiger partial charge in [0.15, 0.2) is 5.82 Å². The highest BCUT2D eigenvalue weighted by Gasteiger charge is 2.31. The molecule has 2 aliphatic carbocycles. The van der Waals surface area contributed by atoms with Crippen LogP contribution in [0.15, 0.2) is 12.1 Å². The third-order valence-electron chi connectivity index (χ3n) is 6.47. The Balaban J connectivity index is 1.41. The molecule has 2 heterocycles. The quantitative estimate of drug-likeness (QED) is 0.829. The molecule has 0 atom stereocenters. The van der Waals surface area contributed by atoms with Crippen LogP contribution in [0.25, 0.3) is 10.9 Å². The maximum absolute atomic E-state index is 15.1. The largest absolute Gasteiger partial charge is 0.329 e. The summed E-state index contributed by atoms with van der Waals surface area (Å²) in [6.07, 6.45) is 6.91. The summed E-state index contributed by atoms with van der Waals surface area (Å²) in [7, 11) is 1.80. The minimum atomic E-state index is -0.507. The lowest BCUT2D eigenvalue weighted by Crippen LogP contribution is -2.49. The average Bonchev–Trinajstić information content (AvgIpc) is 3.45.